The van der Waals surface area contributed by atoms with E-state index in [0.29, 0.717) is 29.9 Å². The van der Waals surface area contributed by atoms with Crippen LogP contribution < -0.4 is 0 Å². The number of carbonyl (C=O) groups is 1. The quantitative estimate of drug-likeness (QED) is 0.441. The number of rotatable bonds is 2. The average molecular weight is 439 g/mol. The Morgan fingerprint density at radius 3 is 2.53 bits per heavy atom. The summed E-state index contributed by atoms with van der Waals surface area (Å²) in [7, 11) is 3.46. The number of aryl methyl sites for hydroxylation is 2. The molecule has 0 spiro atoms. The van der Waals surface area contributed by atoms with E-state index < -0.39 is 17.5 Å². The van der Waals surface area contributed by atoms with Gasteiger partial charge >= 0.3 is 0 Å². The van der Waals surface area contributed by atoms with Gasteiger partial charge in [0.05, 0.1) is 34.7 Å². The normalized spacial score (nSPS) is 15.9. The minimum Gasteiger partial charge on any atom is -0.330 e. The molecule has 0 radical (unpaired) electrons. The van der Waals surface area contributed by atoms with Crippen molar-refractivity contribution < 1.29 is 18.0 Å². The lowest BCUT2D eigenvalue weighted by Gasteiger charge is -2.33. The van der Waals surface area contributed by atoms with E-state index in [1.54, 1.807) is 35.9 Å². The monoisotopic (exact) mass is 439 g/mol. The minimum absolute atomic E-state index is 0.136. The first kappa shape index (κ1) is 20.3. The predicted octanol–water partition coefficient (Wildman–Crippen LogP) is 4.15. The molecule has 1 aliphatic rings. The molecular weight excluding hydrogens is 419 g/mol. The van der Waals surface area contributed by atoms with Crippen LogP contribution in [-0.2, 0) is 20.5 Å². The Labute approximate surface area is 181 Å². The molecule has 4 aromatic rings. The molecule has 0 fully saturated rings. The highest BCUT2D eigenvalue weighted by Gasteiger charge is 2.34. The van der Waals surface area contributed by atoms with Crippen molar-refractivity contribution in [2.45, 2.75) is 19.4 Å². The van der Waals surface area contributed by atoms with Crippen molar-refractivity contribution in [2.24, 2.45) is 14.1 Å². The number of halogens is 3. The van der Waals surface area contributed by atoms with Crippen LogP contribution in [0.4, 0.5) is 13.2 Å². The van der Waals surface area contributed by atoms with Gasteiger partial charge in [-0.3, -0.25) is 14.2 Å². The molecule has 0 unspecified atom stereocenters. The van der Waals surface area contributed by atoms with Gasteiger partial charge in [0.2, 0.25) is 0 Å². The first-order chi connectivity index (χ1) is 15.3. The molecule has 3 heterocycles. The number of fused-ring (bicyclic) bond motifs is 2. The van der Waals surface area contributed by atoms with Gasteiger partial charge in [0, 0.05) is 37.2 Å². The summed E-state index contributed by atoms with van der Waals surface area (Å²) in [6, 6.07) is 7.10. The van der Waals surface area contributed by atoms with Crippen molar-refractivity contribution in [2.75, 3.05) is 6.54 Å². The Kier molecular flexibility index (Phi) is 4.58. The van der Waals surface area contributed by atoms with Gasteiger partial charge in [-0.15, -0.1) is 0 Å². The summed E-state index contributed by atoms with van der Waals surface area (Å²) in [5.74, 6) is -4.14. The van der Waals surface area contributed by atoms with Crippen LogP contribution in [-0.4, -0.2) is 36.9 Å². The largest absolute Gasteiger partial charge is 0.330 e. The summed E-state index contributed by atoms with van der Waals surface area (Å²) in [5.41, 5.74) is 3.50. The molecule has 0 bridgehead atoms. The third-order valence-corrected chi connectivity index (χ3v) is 6.15. The first-order valence-electron chi connectivity index (χ1n) is 10.2. The van der Waals surface area contributed by atoms with Crippen molar-refractivity contribution in [3.63, 3.8) is 0 Å². The Morgan fingerprint density at radius 1 is 1.09 bits per heavy atom. The second-order valence-corrected chi connectivity index (χ2v) is 8.03. The number of benzene rings is 2. The number of nitrogens with zero attached hydrogens (tertiary/aromatic N) is 5. The van der Waals surface area contributed by atoms with Gasteiger partial charge in [-0.05, 0) is 31.5 Å². The van der Waals surface area contributed by atoms with Crippen molar-refractivity contribution >= 4 is 16.8 Å². The molecule has 164 valence electrons. The number of amides is 1. The summed E-state index contributed by atoms with van der Waals surface area (Å²) in [4.78, 5) is 15.2. The molecule has 0 N–H and O–H groups in total. The zero-order valence-corrected chi connectivity index (χ0v) is 17.7. The molecule has 5 rings (SSSR count). The van der Waals surface area contributed by atoms with E-state index in [1.807, 2.05) is 19.1 Å². The van der Waals surface area contributed by atoms with Gasteiger partial charge in [0.25, 0.3) is 5.91 Å². The van der Waals surface area contributed by atoms with Crippen LogP contribution >= 0.6 is 0 Å². The standard InChI is InChI=1S/C23H20F3N5O/c1-12-20-15(22(30(3)28-20)14-9-17(24)19(26)18(25)10-14)7-8-31(12)23(32)16-6-4-5-13-11-27-29(2)21(13)16/h4-6,9-12H,7-8H2,1-3H3/t12-/m0/s1. The number of carbonyl (C=O) groups excluding carboxylic acids is 1. The number of aromatic nitrogens is 4. The topological polar surface area (TPSA) is 56.0 Å². The Balaban J connectivity index is 1.55. The van der Waals surface area contributed by atoms with E-state index in [2.05, 4.69) is 10.2 Å². The molecule has 0 saturated heterocycles. The van der Waals surface area contributed by atoms with Gasteiger partial charge in [0.15, 0.2) is 17.5 Å². The number of para-hydroxylation sites is 1. The van der Waals surface area contributed by atoms with E-state index in [1.165, 1.54) is 4.68 Å². The van der Waals surface area contributed by atoms with Crippen molar-refractivity contribution in [1.29, 1.82) is 0 Å². The maximum Gasteiger partial charge on any atom is 0.256 e. The molecule has 6 nitrogen and oxygen atoms in total. The van der Waals surface area contributed by atoms with Crippen LogP contribution in [0.2, 0.25) is 0 Å². The van der Waals surface area contributed by atoms with Crippen molar-refractivity contribution in [1.82, 2.24) is 24.5 Å². The summed E-state index contributed by atoms with van der Waals surface area (Å²) < 4.78 is 44.4. The maximum absolute atomic E-state index is 13.9. The lowest BCUT2D eigenvalue weighted by molar-refractivity contribution is 0.0675. The Hall–Kier alpha value is -3.62. The predicted molar refractivity (Wildman–Crippen MR) is 112 cm³/mol. The van der Waals surface area contributed by atoms with Crippen LogP contribution in [0.3, 0.4) is 0 Å². The summed E-state index contributed by atoms with van der Waals surface area (Å²) in [6.07, 6.45) is 2.17. The Bertz CT molecular complexity index is 1370. The summed E-state index contributed by atoms with van der Waals surface area (Å²) in [6.45, 7) is 2.29. The molecule has 1 atom stereocenters. The fourth-order valence-electron chi connectivity index (χ4n) is 4.64. The van der Waals surface area contributed by atoms with Crippen LogP contribution in [0.5, 0.6) is 0 Å². The molecular formula is C23H20F3N5O. The van der Waals surface area contributed by atoms with Gasteiger partial charge in [0.1, 0.15) is 0 Å². The molecule has 2 aromatic carbocycles. The van der Waals surface area contributed by atoms with Crippen LogP contribution in [0.25, 0.3) is 22.2 Å². The number of hydrogen-bond donors (Lipinski definition) is 0. The molecule has 0 aliphatic carbocycles. The highest BCUT2D eigenvalue weighted by atomic mass is 19.2. The highest BCUT2D eigenvalue weighted by Crippen LogP contribution is 2.37. The highest BCUT2D eigenvalue weighted by molar-refractivity contribution is 6.05. The maximum atomic E-state index is 13.9. The summed E-state index contributed by atoms with van der Waals surface area (Å²) >= 11 is 0. The van der Waals surface area contributed by atoms with E-state index in [9.17, 15) is 18.0 Å². The van der Waals surface area contributed by atoms with E-state index in [0.717, 1.165) is 28.6 Å². The average Bonchev–Trinajstić information content (AvgIpc) is 3.31. The van der Waals surface area contributed by atoms with Crippen LogP contribution in [0, 0.1) is 17.5 Å². The van der Waals surface area contributed by atoms with Gasteiger partial charge in [-0.25, -0.2) is 13.2 Å². The van der Waals surface area contributed by atoms with E-state index >= 15 is 0 Å². The molecule has 1 amide bonds. The lowest BCUT2D eigenvalue weighted by atomic mass is 9.94. The smallest absolute Gasteiger partial charge is 0.256 e. The van der Waals surface area contributed by atoms with E-state index in [4.69, 9.17) is 0 Å². The molecule has 2 aromatic heterocycles. The Morgan fingerprint density at radius 2 is 1.81 bits per heavy atom. The second-order valence-electron chi connectivity index (χ2n) is 8.03. The van der Waals surface area contributed by atoms with E-state index in [-0.39, 0.29) is 17.5 Å². The van der Waals surface area contributed by atoms with Gasteiger partial charge in [-0.2, -0.15) is 10.2 Å². The molecule has 0 saturated carbocycles. The minimum atomic E-state index is -1.50. The fraction of sp³-hybridized carbons (Fsp3) is 0.261. The van der Waals surface area contributed by atoms with Crippen LogP contribution in [0.1, 0.15) is 34.6 Å². The first-order valence-corrected chi connectivity index (χ1v) is 10.2. The van der Waals surface area contributed by atoms with Crippen LogP contribution in [0.15, 0.2) is 36.5 Å². The number of hydrogen-bond acceptors (Lipinski definition) is 3. The SMILES string of the molecule is C[C@H]1c2nn(C)c(-c3cc(F)c(F)c(F)c3)c2CCN1C(=O)c1cccc2cnn(C)c12. The third kappa shape index (κ3) is 2.91. The van der Waals surface area contributed by atoms with Crippen molar-refractivity contribution in [3.8, 4) is 11.3 Å². The molecule has 9 heteroatoms. The zero-order chi connectivity index (χ0) is 22.7. The summed E-state index contributed by atoms with van der Waals surface area (Å²) in [5, 5.41) is 9.68. The second kappa shape index (κ2) is 7.22. The zero-order valence-electron chi connectivity index (χ0n) is 17.7. The molecule has 1 aliphatic heterocycles. The fourth-order valence-corrected chi connectivity index (χ4v) is 4.64. The lowest BCUT2D eigenvalue weighted by Crippen LogP contribution is -2.39. The molecule has 32 heavy (non-hydrogen) atoms. The van der Waals surface area contributed by atoms with Crippen molar-refractivity contribution in [3.05, 3.63) is 70.8 Å². The van der Waals surface area contributed by atoms with Gasteiger partial charge < -0.3 is 4.90 Å². The van der Waals surface area contributed by atoms with Gasteiger partial charge in [-0.1, -0.05) is 12.1 Å². The third-order valence-electron chi connectivity index (χ3n) is 6.15.